The lowest BCUT2D eigenvalue weighted by molar-refractivity contribution is -0.141. The van der Waals surface area contributed by atoms with Gasteiger partial charge in [-0.3, -0.25) is 0 Å². The van der Waals surface area contributed by atoms with E-state index in [1.165, 1.54) is 12.1 Å². The summed E-state index contributed by atoms with van der Waals surface area (Å²) in [5.41, 5.74) is -0.900. The number of anilines is 1. The van der Waals surface area contributed by atoms with Gasteiger partial charge in [0, 0.05) is 13.2 Å². The molecule has 1 N–H and O–H groups in total. The van der Waals surface area contributed by atoms with Crippen LogP contribution in [0.4, 0.5) is 19.0 Å². The van der Waals surface area contributed by atoms with Gasteiger partial charge in [0.1, 0.15) is 11.5 Å². The van der Waals surface area contributed by atoms with Crippen molar-refractivity contribution in [2.24, 2.45) is 0 Å². The number of hydrogen-bond acceptors (Lipinski definition) is 4. The van der Waals surface area contributed by atoms with Gasteiger partial charge in [-0.25, -0.2) is 4.98 Å². The molecule has 1 unspecified atom stereocenters. The Balaban J connectivity index is 1.68. The second kappa shape index (κ2) is 6.90. The molecule has 1 aliphatic heterocycles. The highest BCUT2D eigenvalue weighted by Gasteiger charge is 2.32. The fourth-order valence-corrected chi connectivity index (χ4v) is 1.93. The van der Waals surface area contributed by atoms with Gasteiger partial charge in [0.15, 0.2) is 0 Å². The molecule has 1 aliphatic rings. The van der Waals surface area contributed by atoms with Crippen molar-refractivity contribution in [3.05, 3.63) is 23.9 Å². The number of rotatable bonds is 6. The number of hydrogen-bond donors (Lipinski definition) is 1. The average Bonchev–Trinajstić information content (AvgIpc) is 2.91. The van der Waals surface area contributed by atoms with Crippen LogP contribution in [0, 0.1) is 0 Å². The van der Waals surface area contributed by atoms with Crippen LogP contribution < -0.4 is 5.32 Å². The Bertz CT molecular complexity index is 420. The van der Waals surface area contributed by atoms with Crippen LogP contribution in [-0.2, 0) is 15.7 Å². The summed E-state index contributed by atoms with van der Waals surface area (Å²) in [6.45, 7) is 2.11. The predicted octanol–water partition coefficient (Wildman–Crippen LogP) is 2.71. The summed E-state index contributed by atoms with van der Waals surface area (Å²) in [7, 11) is 0. The monoisotopic (exact) mass is 290 g/mol. The number of nitrogens with zero attached hydrogens (tertiary/aromatic N) is 1. The van der Waals surface area contributed by atoms with Crippen LogP contribution in [-0.4, -0.2) is 37.5 Å². The van der Waals surface area contributed by atoms with E-state index in [4.69, 9.17) is 9.47 Å². The van der Waals surface area contributed by atoms with Crippen LogP contribution in [0.2, 0.25) is 0 Å². The Morgan fingerprint density at radius 2 is 2.25 bits per heavy atom. The van der Waals surface area contributed by atoms with E-state index >= 15 is 0 Å². The fourth-order valence-electron chi connectivity index (χ4n) is 1.93. The highest BCUT2D eigenvalue weighted by Crippen LogP contribution is 2.28. The van der Waals surface area contributed by atoms with Crippen molar-refractivity contribution < 1.29 is 22.6 Å². The Morgan fingerprint density at radius 3 is 2.95 bits per heavy atom. The van der Waals surface area contributed by atoms with Crippen LogP contribution in [0.1, 0.15) is 18.5 Å². The normalized spacial score (nSPS) is 19.2. The molecule has 112 valence electrons. The lowest BCUT2D eigenvalue weighted by Crippen LogP contribution is -2.18. The lowest BCUT2D eigenvalue weighted by Gasteiger charge is -2.11. The first-order chi connectivity index (χ1) is 9.55. The van der Waals surface area contributed by atoms with Gasteiger partial charge in [-0.1, -0.05) is 6.07 Å². The maximum Gasteiger partial charge on any atom is 0.433 e. The van der Waals surface area contributed by atoms with Crippen molar-refractivity contribution in [2.45, 2.75) is 25.1 Å². The summed E-state index contributed by atoms with van der Waals surface area (Å²) in [5.74, 6) is 0.195. The Hall–Kier alpha value is -1.34. The molecule has 1 saturated heterocycles. The van der Waals surface area contributed by atoms with Crippen LogP contribution >= 0.6 is 0 Å². The molecule has 2 heterocycles. The fraction of sp³-hybridized carbons (Fsp3) is 0.615. The van der Waals surface area contributed by atoms with Crippen molar-refractivity contribution in [3.63, 3.8) is 0 Å². The summed E-state index contributed by atoms with van der Waals surface area (Å²) < 4.78 is 48.2. The van der Waals surface area contributed by atoms with E-state index in [1.807, 2.05) is 0 Å². The molecule has 0 aromatic carbocycles. The summed E-state index contributed by atoms with van der Waals surface area (Å²) in [6, 6.07) is 3.76. The molecule has 0 radical (unpaired) electrons. The lowest BCUT2D eigenvalue weighted by atomic mass is 10.2. The Labute approximate surface area is 115 Å². The van der Waals surface area contributed by atoms with Gasteiger partial charge >= 0.3 is 6.18 Å². The Morgan fingerprint density at radius 1 is 1.40 bits per heavy atom. The first-order valence-electron chi connectivity index (χ1n) is 6.53. The van der Waals surface area contributed by atoms with Crippen molar-refractivity contribution in [1.29, 1.82) is 0 Å². The number of halogens is 3. The quantitative estimate of drug-likeness (QED) is 0.818. The van der Waals surface area contributed by atoms with E-state index < -0.39 is 11.9 Å². The molecule has 0 saturated carbocycles. The summed E-state index contributed by atoms with van der Waals surface area (Å²) in [5, 5.41) is 2.81. The van der Waals surface area contributed by atoms with Gasteiger partial charge in [0.25, 0.3) is 0 Å². The number of aromatic nitrogens is 1. The van der Waals surface area contributed by atoms with Crippen molar-refractivity contribution in [3.8, 4) is 0 Å². The van der Waals surface area contributed by atoms with Crippen LogP contribution in [0.3, 0.4) is 0 Å². The summed E-state index contributed by atoms with van der Waals surface area (Å²) in [4.78, 5) is 3.50. The van der Waals surface area contributed by atoms with Gasteiger partial charge in [-0.05, 0) is 25.0 Å². The Kier molecular flexibility index (Phi) is 5.19. The molecule has 0 amide bonds. The van der Waals surface area contributed by atoms with Crippen molar-refractivity contribution in [1.82, 2.24) is 4.98 Å². The second-order valence-electron chi connectivity index (χ2n) is 4.54. The number of nitrogens with one attached hydrogen (secondary N) is 1. The SMILES string of the molecule is FC(F)(F)c1cccc(NCCOCC2CCCO2)n1. The highest BCUT2D eigenvalue weighted by molar-refractivity contribution is 5.35. The number of ether oxygens (including phenoxy) is 2. The number of pyridine rings is 1. The third kappa shape index (κ3) is 4.64. The van der Waals surface area contributed by atoms with E-state index in [0.29, 0.717) is 19.8 Å². The molecule has 7 heteroatoms. The zero-order valence-electron chi connectivity index (χ0n) is 10.9. The molecule has 20 heavy (non-hydrogen) atoms. The number of alkyl halides is 3. The zero-order chi connectivity index (χ0) is 14.4. The molecule has 2 rings (SSSR count). The zero-order valence-corrected chi connectivity index (χ0v) is 10.9. The van der Waals surface area contributed by atoms with E-state index in [-0.39, 0.29) is 11.9 Å². The standard InChI is InChI=1S/C13H17F3N2O2/c14-13(15,16)11-4-1-5-12(18-11)17-6-8-19-9-10-3-2-7-20-10/h1,4-5,10H,2-3,6-9H2,(H,17,18). The van der Waals surface area contributed by atoms with Gasteiger partial charge < -0.3 is 14.8 Å². The molecule has 0 spiro atoms. The van der Waals surface area contributed by atoms with Crippen LogP contribution in [0.5, 0.6) is 0 Å². The van der Waals surface area contributed by atoms with Crippen molar-refractivity contribution >= 4 is 5.82 Å². The third-order valence-electron chi connectivity index (χ3n) is 2.92. The molecule has 4 nitrogen and oxygen atoms in total. The molecular formula is C13H17F3N2O2. The molecular weight excluding hydrogens is 273 g/mol. The minimum atomic E-state index is -4.42. The summed E-state index contributed by atoms with van der Waals surface area (Å²) in [6.07, 6.45) is -2.21. The van der Waals surface area contributed by atoms with E-state index in [1.54, 1.807) is 0 Å². The van der Waals surface area contributed by atoms with Crippen LogP contribution in [0.15, 0.2) is 18.2 Å². The third-order valence-corrected chi connectivity index (χ3v) is 2.92. The largest absolute Gasteiger partial charge is 0.433 e. The predicted molar refractivity (Wildman–Crippen MR) is 67.5 cm³/mol. The molecule has 0 bridgehead atoms. The molecule has 1 fully saturated rings. The molecule has 0 aliphatic carbocycles. The average molecular weight is 290 g/mol. The minimum absolute atomic E-state index is 0.154. The van der Waals surface area contributed by atoms with E-state index in [0.717, 1.165) is 25.5 Å². The van der Waals surface area contributed by atoms with E-state index in [9.17, 15) is 13.2 Å². The maximum atomic E-state index is 12.5. The van der Waals surface area contributed by atoms with Crippen LogP contribution in [0.25, 0.3) is 0 Å². The molecule has 1 atom stereocenters. The first-order valence-corrected chi connectivity index (χ1v) is 6.53. The minimum Gasteiger partial charge on any atom is -0.377 e. The van der Waals surface area contributed by atoms with Gasteiger partial charge in [0.2, 0.25) is 0 Å². The molecule has 1 aromatic rings. The van der Waals surface area contributed by atoms with Gasteiger partial charge in [0.05, 0.1) is 19.3 Å². The van der Waals surface area contributed by atoms with Crippen molar-refractivity contribution in [2.75, 3.05) is 31.7 Å². The molecule has 1 aromatic heterocycles. The second-order valence-corrected chi connectivity index (χ2v) is 4.54. The topological polar surface area (TPSA) is 43.4 Å². The summed E-state index contributed by atoms with van der Waals surface area (Å²) >= 11 is 0. The van der Waals surface area contributed by atoms with Gasteiger partial charge in [-0.15, -0.1) is 0 Å². The highest BCUT2D eigenvalue weighted by atomic mass is 19.4. The smallest absolute Gasteiger partial charge is 0.377 e. The van der Waals surface area contributed by atoms with Gasteiger partial charge in [-0.2, -0.15) is 13.2 Å². The maximum absolute atomic E-state index is 12.5. The van der Waals surface area contributed by atoms with E-state index in [2.05, 4.69) is 10.3 Å². The first kappa shape index (κ1) is 15.1.